The smallest absolute Gasteiger partial charge is 0.322 e. The Labute approximate surface area is 193 Å². The van der Waals surface area contributed by atoms with Gasteiger partial charge in [-0.05, 0) is 54.0 Å². The minimum absolute atomic E-state index is 0.0355. The summed E-state index contributed by atoms with van der Waals surface area (Å²) in [5.74, 6) is -0.0355. The van der Waals surface area contributed by atoms with Crippen LogP contribution < -0.4 is 5.32 Å². The number of thiophene rings is 1. The van der Waals surface area contributed by atoms with Gasteiger partial charge in [-0.3, -0.25) is 4.79 Å². The molecule has 0 unspecified atom stereocenters. The second kappa shape index (κ2) is 10.5. The van der Waals surface area contributed by atoms with Crippen LogP contribution >= 0.6 is 11.3 Å². The van der Waals surface area contributed by atoms with Crippen LogP contribution in [0.5, 0.6) is 0 Å². The number of nitrogens with zero attached hydrogens (tertiary/aromatic N) is 2. The lowest BCUT2D eigenvalue weighted by Gasteiger charge is -2.28. The van der Waals surface area contributed by atoms with Crippen LogP contribution in [0, 0.1) is 0 Å². The summed E-state index contributed by atoms with van der Waals surface area (Å²) >= 11 is 1.64. The first kappa shape index (κ1) is 22.1. The molecule has 1 fully saturated rings. The van der Waals surface area contributed by atoms with E-state index < -0.39 is 0 Å². The summed E-state index contributed by atoms with van der Waals surface area (Å²) in [6.45, 7) is 3.24. The zero-order chi connectivity index (χ0) is 22.3. The molecule has 0 saturated heterocycles. The highest BCUT2D eigenvalue weighted by atomic mass is 32.1. The van der Waals surface area contributed by atoms with Crippen molar-refractivity contribution in [3.63, 3.8) is 0 Å². The molecule has 5 nitrogen and oxygen atoms in total. The van der Waals surface area contributed by atoms with E-state index in [9.17, 15) is 9.59 Å². The fourth-order valence-electron chi connectivity index (χ4n) is 3.69. The van der Waals surface area contributed by atoms with Crippen molar-refractivity contribution < 1.29 is 9.59 Å². The van der Waals surface area contributed by atoms with Crippen molar-refractivity contribution >= 4 is 29.0 Å². The summed E-state index contributed by atoms with van der Waals surface area (Å²) in [4.78, 5) is 31.1. The monoisotopic (exact) mass is 447 g/mol. The van der Waals surface area contributed by atoms with Gasteiger partial charge in [0.2, 0.25) is 5.91 Å². The van der Waals surface area contributed by atoms with E-state index in [1.165, 1.54) is 5.56 Å². The second-order valence-electron chi connectivity index (χ2n) is 8.16. The lowest BCUT2D eigenvalue weighted by molar-refractivity contribution is -0.133. The third kappa shape index (κ3) is 5.98. The molecule has 1 aromatic heterocycles. The summed E-state index contributed by atoms with van der Waals surface area (Å²) in [6, 6.07) is 21.8. The molecule has 0 radical (unpaired) electrons. The molecule has 4 rings (SSSR count). The summed E-state index contributed by atoms with van der Waals surface area (Å²) in [7, 11) is 0. The van der Waals surface area contributed by atoms with Crippen LogP contribution in [0.25, 0.3) is 0 Å². The van der Waals surface area contributed by atoms with Crippen LogP contribution in [0.1, 0.15) is 35.8 Å². The molecule has 32 heavy (non-hydrogen) atoms. The predicted molar refractivity (Wildman–Crippen MR) is 130 cm³/mol. The number of amides is 3. The molecule has 0 aliphatic heterocycles. The molecule has 166 valence electrons. The van der Waals surface area contributed by atoms with Gasteiger partial charge in [0, 0.05) is 23.2 Å². The number of aryl methyl sites for hydroxylation is 1. The molecule has 6 heteroatoms. The third-order valence-electron chi connectivity index (χ3n) is 5.64. The summed E-state index contributed by atoms with van der Waals surface area (Å²) in [5.41, 5.74) is 3.02. The molecule has 0 spiro atoms. The topological polar surface area (TPSA) is 52.7 Å². The van der Waals surface area contributed by atoms with Crippen LogP contribution in [0.3, 0.4) is 0 Å². The maximum atomic E-state index is 13.4. The number of nitrogens with one attached hydrogen (secondary N) is 1. The average molecular weight is 448 g/mol. The Morgan fingerprint density at radius 2 is 1.75 bits per heavy atom. The van der Waals surface area contributed by atoms with Crippen molar-refractivity contribution in [2.75, 3.05) is 11.9 Å². The molecule has 1 N–H and O–H groups in total. The molecule has 1 heterocycles. The summed E-state index contributed by atoms with van der Waals surface area (Å²) in [6.07, 6.45) is 2.80. The summed E-state index contributed by atoms with van der Waals surface area (Å²) < 4.78 is 0. The van der Waals surface area contributed by atoms with Crippen molar-refractivity contribution in [3.05, 3.63) is 88.1 Å². The van der Waals surface area contributed by atoms with Gasteiger partial charge in [0.05, 0.1) is 6.54 Å². The van der Waals surface area contributed by atoms with Crippen LogP contribution in [-0.2, 0) is 24.3 Å². The average Bonchev–Trinajstić information content (AvgIpc) is 3.52. The van der Waals surface area contributed by atoms with E-state index in [1.807, 2.05) is 77.0 Å². The first-order valence-corrected chi connectivity index (χ1v) is 12.0. The van der Waals surface area contributed by atoms with E-state index in [2.05, 4.69) is 12.2 Å². The number of hydrogen-bond donors (Lipinski definition) is 1. The molecular formula is C26H29N3O2S. The van der Waals surface area contributed by atoms with E-state index in [0.29, 0.717) is 13.1 Å². The zero-order valence-electron chi connectivity index (χ0n) is 18.4. The van der Waals surface area contributed by atoms with E-state index in [-0.39, 0.29) is 24.5 Å². The van der Waals surface area contributed by atoms with Crippen molar-refractivity contribution in [2.24, 2.45) is 0 Å². The van der Waals surface area contributed by atoms with Gasteiger partial charge in [-0.25, -0.2) is 4.79 Å². The van der Waals surface area contributed by atoms with Crippen molar-refractivity contribution in [2.45, 2.75) is 45.3 Å². The summed E-state index contributed by atoms with van der Waals surface area (Å²) in [5, 5.41) is 5.02. The largest absolute Gasteiger partial charge is 0.332 e. The van der Waals surface area contributed by atoms with Gasteiger partial charge >= 0.3 is 6.03 Å². The number of urea groups is 1. The van der Waals surface area contributed by atoms with Gasteiger partial charge < -0.3 is 15.1 Å². The van der Waals surface area contributed by atoms with E-state index >= 15 is 0 Å². The normalized spacial score (nSPS) is 12.9. The van der Waals surface area contributed by atoms with Crippen LogP contribution in [0.4, 0.5) is 10.5 Å². The predicted octanol–water partition coefficient (Wildman–Crippen LogP) is 5.54. The maximum absolute atomic E-state index is 13.4. The van der Waals surface area contributed by atoms with E-state index in [0.717, 1.165) is 35.4 Å². The molecule has 3 aromatic rings. The Bertz CT molecular complexity index is 1030. The highest BCUT2D eigenvalue weighted by molar-refractivity contribution is 7.09. The first-order valence-electron chi connectivity index (χ1n) is 11.1. The fourth-order valence-corrected chi connectivity index (χ4v) is 4.41. The van der Waals surface area contributed by atoms with Gasteiger partial charge in [0.25, 0.3) is 0 Å². The Hall–Kier alpha value is -3.12. The van der Waals surface area contributed by atoms with Crippen molar-refractivity contribution in [3.8, 4) is 0 Å². The van der Waals surface area contributed by atoms with Gasteiger partial charge in [-0.2, -0.15) is 0 Å². The SMILES string of the molecule is CCc1cccc(NC(=O)N(CC(=O)N(Cc2ccccc2)Cc2cccs2)C2CC2)c1. The Kier molecular flexibility index (Phi) is 7.22. The van der Waals surface area contributed by atoms with Gasteiger partial charge in [0.1, 0.15) is 6.54 Å². The number of rotatable bonds is 9. The molecule has 0 atom stereocenters. The van der Waals surface area contributed by atoms with Gasteiger partial charge in [-0.1, -0.05) is 55.5 Å². The fraction of sp³-hybridized carbons (Fsp3) is 0.308. The Morgan fingerprint density at radius 3 is 2.44 bits per heavy atom. The number of benzene rings is 2. The minimum Gasteiger partial charge on any atom is -0.332 e. The number of carbonyl (C=O) groups excluding carboxylic acids is 2. The van der Waals surface area contributed by atoms with Crippen LogP contribution in [0.15, 0.2) is 72.1 Å². The number of hydrogen-bond acceptors (Lipinski definition) is 3. The molecule has 1 saturated carbocycles. The molecular weight excluding hydrogens is 418 g/mol. The quantitative estimate of drug-likeness (QED) is 0.468. The van der Waals surface area contributed by atoms with Crippen molar-refractivity contribution in [1.82, 2.24) is 9.80 Å². The maximum Gasteiger partial charge on any atom is 0.322 e. The standard InChI is InChI=1S/C26H29N3O2S/c1-2-20-10-6-11-22(16-20)27-26(31)29(23-13-14-23)19-25(30)28(18-24-12-7-15-32-24)17-21-8-4-3-5-9-21/h3-12,15-16,23H,2,13-14,17-19H2,1H3,(H,27,31). The number of carbonyl (C=O) groups is 2. The third-order valence-corrected chi connectivity index (χ3v) is 6.50. The minimum atomic E-state index is -0.204. The highest BCUT2D eigenvalue weighted by Crippen LogP contribution is 2.28. The molecule has 1 aliphatic carbocycles. The van der Waals surface area contributed by atoms with Crippen LogP contribution in [0.2, 0.25) is 0 Å². The molecule has 2 aromatic carbocycles. The first-order chi connectivity index (χ1) is 15.6. The molecule has 3 amide bonds. The molecule has 0 bridgehead atoms. The lowest BCUT2D eigenvalue weighted by Crippen LogP contribution is -2.45. The van der Waals surface area contributed by atoms with Crippen LogP contribution in [-0.4, -0.2) is 34.3 Å². The van der Waals surface area contributed by atoms with Gasteiger partial charge in [0.15, 0.2) is 0 Å². The zero-order valence-corrected chi connectivity index (χ0v) is 19.2. The van der Waals surface area contributed by atoms with Gasteiger partial charge in [-0.15, -0.1) is 11.3 Å². The van der Waals surface area contributed by atoms with E-state index in [4.69, 9.17) is 0 Å². The van der Waals surface area contributed by atoms with E-state index in [1.54, 1.807) is 16.2 Å². The molecule has 1 aliphatic rings. The lowest BCUT2D eigenvalue weighted by atomic mass is 10.1. The second-order valence-corrected chi connectivity index (χ2v) is 9.19. The number of anilines is 1. The Morgan fingerprint density at radius 1 is 0.969 bits per heavy atom. The highest BCUT2D eigenvalue weighted by Gasteiger charge is 2.35. The van der Waals surface area contributed by atoms with Crippen molar-refractivity contribution in [1.29, 1.82) is 0 Å². The Balaban J connectivity index is 1.47.